The van der Waals surface area contributed by atoms with Gasteiger partial charge in [0.05, 0.1) is 6.61 Å². The van der Waals surface area contributed by atoms with Crippen LogP contribution in [-0.4, -0.2) is 26.2 Å². The van der Waals surface area contributed by atoms with Gasteiger partial charge in [0.2, 0.25) is 0 Å². The van der Waals surface area contributed by atoms with E-state index in [1.807, 2.05) is 6.92 Å². The van der Waals surface area contributed by atoms with Gasteiger partial charge in [0.15, 0.2) is 0 Å². The second-order valence-electron chi connectivity index (χ2n) is 11.9. The van der Waals surface area contributed by atoms with Crippen molar-refractivity contribution in [3.05, 3.63) is 0 Å². The van der Waals surface area contributed by atoms with Crippen molar-refractivity contribution in [2.24, 2.45) is 46.3 Å². The predicted molar refractivity (Wildman–Crippen MR) is 123 cm³/mol. The van der Waals surface area contributed by atoms with Crippen LogP contribution in [0, 0.1) is 46.3 Å². The van der Waals surface area contributed by atoms with Gasteiger partial charge in [-0.05, 0) is 110 Å². The smallest absolute Gasteiger partial charge is 0.305 e. The molecule has 0 bridgehead atoms. The lowest BCUT2D eigenvalue weighted by atomic mass is 9.41. The van der Waals surface area contributed by atoms with Gasteiger partial charge < -0.3 is 9.53 Å². The molecule has 30 heavy (non-hydrogen) atoms. The normalized spacial score (nSPS) is 46.5. The lowest BCUT2D eigenvalue weighted by Gasteiger charge is -2.61. The molecule has 0 saturated heterocycles. The Balaban J connectivity index is 1.47. The molecule has 0 N–H and O–H groups in total. The first-order chi connectivity index (χ1) is 14.2. The second kappa shape index (κ2) is 8.28. The van der Waals surface area contributed by atoms with Crippen LogP contribution in [0.2, 0.25) is 5.82 Å². The van der Waals surface area contributed by atoms with E-state index >= 15 is 0 Å². The largest absolute Gasteiger partial charge is 0.466 e. The van der Waals surface area contributed by atoms with E-state index in [1.165, 1.54) is 38.5 Å². The van der Waals surface area contributed by atoms with Gasteiger partial charge in [-0.2, -0.15) is 0 Å². The number of rotatable bonds is 5. The van der Waals surface area contributed by atoms with E-state index < -0.39 is 0 Å². The Kier molecular flexibility index (Phi) is 6.18. The maximum atomic E-state index is 12.4. The van der Waals surface area contributed by atoms with Crippen molar-refractivity contribution in [1.29, 1.82) is 0 Å². The number of ether oxygens (including phenoxy) is 1. The van der Waals surface area contributed by atoms with E-state index in [9.17, 15) is 9.59 Å². The quantitative estimate of drug-likeness (QED) is 0.457. The van der Waals surface area contributed by atoms with Crippen LogP contribution in [0.25, 0.3) is 0 Å². The zero-order valence-electron chi connectivity index (χ0n) is 20.0. The third-order valence-electron chi connectivity index (χ3n) is 10.8. The van der Waals surface area contributed by atoms with E-state index in [2.05, 4.69) is 28.6 Å². The molecule has 0 aromatic rings. The summed E-state index contributed by atoms with van der Waals surface area (Å²) >= 11 is 0. The van der Waals surface area contributed by atoms with Crippen LogP contribution in [0.15, 0.2) is 0 Å². The molecule has 4 heteroatoms. The standard InChI is InChI=1S/C26H43BO3/c1-5-30-23(29)11-6-16(2)18-9-10-19-17-7-8-21-24(27)22(28)13-15-26(21,4)20(17)12-14-25(18,19)3/h16-21,24H,5-15,27H2,1-4H3/t16-,17?,18-,19?,20?,21-,24+,25-,26-/m1/s1. The third kappa shape index (κ3) is 3.49. The van der Waals surface area contributed by atoms with Crippen molar-refractivity contribution in [2.75, 3.05) is 6.61 Å². The van der Waals surface area contributed by atoms with Crippen molar-refractivity contribution in [1.82, 2.24) is 0 Å². The molecule has 4 rings (SSSR count). The first kappa shape index (κ1) is 22.4. The van der Waals surface area contributed by atoms with Crippen molar-refractivity contribution in [3.8, 4) is 0 Å². The Labute approximate surface area is 184 Å². The summed E-state index contributed by atoms with van der Waals surface area (Å²) in [5, 5.41) is 0. The van der Waals surface area contributed by atoms with Crippen molar-refractivity contribution in [2.45, 2.75) is 97.7 Å². The minimum absolute atomic E-state index is 0.0278. The molecule has 4 aliphatic carbocycles. The summed E-state index contributed by atoms with van der Waals surface area (Å²) in [5.74, 6) is 5.24. The monoisotopic (exact) mass is 414 g/mol. The summed E-state index contributed by atoms with van der Waals surface area (Å²) in [4.78, 5) is 24.3. The van der Waals surface area contributed by atoms with Crippen LogP contribution < -0.4 is 0 Å². The molecular weight excluding hydrogens is 371 g/mol. The number of carbonyl (C=O) groups excluding carboxylic acids is 2. The highest BCUT2D eigenvalue weighted by atomic mass is 16.5. The van der Waals surface area contributed by atoms with E-state index in [0.29, 0.717) is 41.5 Å². The maximum absolute atomic E-state index is 12.4. The summed E-state index contributed by atoms with van der Waals surface area (Å²) in [6.07, 6.45) is 11.5. The molecule has 0 spiro atoms. The zero-order valence-corrected chi connectivity index (χ0v) is 20.0. The summed E-state index contributed by atoms with van der Waals surface area (Å²) in [6.45, 7) is 9.91. The number of hydrogen-bond donors (Lipinski definition) is 0. The average Bonchev–Trinajstić information content (AvgIpc) is 3.07. The first-order valence-electron chi connectivity index (χ1n) is 12.9. The molecule has 0 aromatic heterocycles. The van der Waals surface area contributed by atoms with Gasteiger partial charge in [0.1, 0.15) is 13.6 Å². The molecule has 9 atom stereocenters. The molecule has 0 amide bonds. The van der Waals surface area contributed by atoms with Gasteiger partial charge in [0.25, 0.3) is 0 Å². The fraction of sp³-hybridized carbons (Fsp3) is 0.923. The van der Waals surface area contributed by atoms with E-state index in [4.69, 9.17) is 4.74 Å². The van der Waals surface area contributed by atoms with Gasteiger partial charge in [-0.1, -0.05) is 20.8 Å². The molecule has 0 heterocycles. The summed E-state index contributed by atoms with van der Waals surface area (Å²) in [6, 6.07) is 0. The van der Waals surface area contributed by atoms with Crippen LogP contribution in [0.1, 0.15) is 91.9 Å². The summed E-state index contributed by atoms with van der Waals surface area (Å²) in [7, 11) is 2.22. The molecule has 0 aromatic carbocycles. The molecule has 4 aliphatic rings. The maximum Gasteiger partial charge on any atom is 0.305 e. The Morgan fingerprint density at radius 2 is 1.77 bits per heavy atom. The average molecular weight is 414 g/mol. The highest BCUT2D eigenvalue weighted by Gasteiger charge is 2.61. The van der Waals surface area contributed by atoms with Crippen molar-refractivity contribution >= 4 is 19.6 Å². The fourth-order valence-corrected chi connectivity index (χ4v) is 9.28. The molecule has 4 fully saturated rings. The molecular formula is C26H43BO3. The number of Topliss-reactive ketones (excluding diaryl/α,β-unsaturated/α-hetero) is 1. The molecule has 168 valence electrons. The number of fused-ring (bicyclic) bond motifs is 5. The number of ketones is 1. The minimum Gasteiger partial charge on any atom is -0.466 e. The predicted octanol–water partition coefficient (Wildman–Crippen LogP) is 5.23. The number of carbonyl (C=O) groups is 2. The van der Waals surface area contributed by atoms with Crippen LogP contribution >= 0.6 is 0 Å². The zero-order chi connectivity index (χ0) is 21.7. The molecule has 4 saturated carbocycles. The molecule has 3 unspecified atom stereocenters. The Morgan fingerprint density at radius 1 is 1.07 bits per heavy atom. The van der Waals surface area contributed by atoms with Crippen molar-refractivity contribution in [3.63, 3.8) is 0 Å². The molecule has 3 nitrogen and oxygen atoms in total. The first-order valence-corrected chi connectivity index (χ1v) is 12.9. The number of esters is 1. The Bertz CT molecular complexity index is 677. The van der Waals surface area contributed by atoms with Crippen LogP contribution in [0.5, 0.6) is 0 Å². The summed E-state index contributed by atoms with van der Waals surface area (Å²) < 4.78 is 5.17. The lowest BCUT2D eigenvalue weighted by molar-refractivity contribution is -0.144. The second-order valence-corrected chi connectivity index (χ2v) is 11.9. The highest BCUT2D eigenvalue weighted by Crippen LogP contribution is 2.69. The SMILES string of the molecule is B[C@@H]1C(=O)CC[C@]2(C)C3CC[C@@]4(C)C(CC[C@@H]4[C@H](C)CCC(=O)OCC)C3CC[C@H]12. The summed E-state index contributed by atoms with van der Waals surface area (Å²) in [5.41, 5.74) is 0.819. The van der Waals surface area contributed by atoms with E-state index in [0.717, 1.165) is 42.9 Å². The van der Waals surface area contributed by atoms with Gasteiger partial charge in [-0.3, -0.25) is 4.79 Å². The van der Waals surface area contributed by atoms with Gasteiger partial charge in [0, 0.05) is 12.8 Å². The lowest BCUT2D eigenvalue weighted by Crippen LogP contribution is -2.55. The van der Waals surface area contributed by atoms with E-state index in [-0.39, 0.29) is 11.8 Å². The topological polar surface area (TPSA) is 43.4 Å². The van der Waals surface area contributed by atoms with Crippen molar-refractivity contribution < 1.29 is 14.3 Å². The minimum atomic E-state index is -0.0278. The van der Waals surface area contributed by atoms with Crippen LogP contribution in [0.3, 0.4) is 0 Å². The Morgan fingerprint density at radius 3 is 2.50 bits per heavy atom. The van der Waals surface area contributed by atoms with Gasteiger partial charge in [-0.25, -0.2) is 0 Å². The number of hydrogen-bond acceptors (Lipinski definition) is 3. The van der Waals surface area contributed by atoms with Crippen LogP contribution in [0.4, 0.5) is 0 Å². The highest BCUT2D eigenvalue weighted by molar-refractivity contribution is 6.24. The molecule has 0 aliphatic heterocycles. The molecule has 0 radical (unpaired) electrons. The fourth-order valence-electron chi connectivity index (χ4n) is 9.28. The Hall–Kier alpha value is -0.795. The van der Waals surface area contributed by atoms with Crippen LogP contribution in [-0.2, 0) is 14.3 Å². The van der Waals surface area contributed by atoms with E-state index in [1.54, 1.807) is 0 Å². The third-order valence-corrected chi connectivity index (χ3v) is 10.8. The van der Waals surface area contributed by atoms with Gasteiger partial charge >= 0.3 is 5.97 Å². The van der Waals surface area contributed by atoms with Gasteiger partial charge in [-0.15, -0.1) is 0 Å².